The zero-order valence-electron chi connectivity index (χ0n) is 9.08. The summed E-state index contributed by atoms with van der Waals surface area (Å²) in [4.78, 5) is -0.325. The van der Waals surface area contributed by atoms with Crippen LogP contribution in [0.25, 0.3) is 0 Å². The van der Waals surface area contributed by atoms with Gasteiger partial charge in [0.05, 0.1) is 0 Å². The van der Waals surface area contributed by atoms with E-state index in [-0.39, 0.29) is 69.7 Å². The van der Waals surface area contributed by atoms with Crippen LogP contribution in [0.15, 0.2) is 23.1 Å². The molecular formula is C6H5NNa2O6S2. The molecule has 0 heterocycles. The van der Waals surface area contributed by atoms with Gasteiger partial charge in [-0.15, -0.1) is 18.7 Å². The fourth-order valence-electron chi connectivity index (χ4n) is 0.619. The fraction of sp³-hybridized carbons (Fsp3) is 0. The molecule has 0 saturated heterocycles. The summed E-state index contributed by atoms with van der Waals surface area (Å²) in [5.41, 5.74) is 5.34. The molecule has 11 heteroatoms. The summed E-state index contributed by atoms with van der Waals surface area (Å²) in [6.07, 6.45) is 0. The molecule has 0 atom stereocenters. The molecule has 0 spiro atoms. The van der Waals surface area contributed by atoms with Crippen molar-refractivity contribution < 1.29 is 84.7 Å². The van der Waals surface area contributed by atoms with Crippen molar-refractivity contribution in [2.75, 3.05) is 5.73 Å². The molecule has 1 aromatic rings. The van der Waals surface area contributed by atoms with Gasteiger partial charge in [0, 0.05) is 0 Å². The molecule has 0 radical (unpaired) electrons. The molecule has 17 heavy (non-hydrogen) atoms. The van der Waals surface area contributed by atoms with Crippen LogP contribution in [0.3, 0.4) is 0 Å². The molecule has 0 amide bonds. The molecule has 2 N–H and O–H groups in total. The summed E-state index contributed by atoms with van der Waals surface area (Å²) < 4.78 is 56.4. The van der Waals surface area contributed by atoms with Crippen molar-refractivity contribution in [3.63, 3.8) is 0 Å². The van der Waals surface area contributed by atoms with Crippen LogP contribution < -0.4 is 64.8 Å². The van der Waals surface area contributed by atoms with Gasteiger partial charge < -0.3 is 10.3 Å². The van der Waals surface area contributed by atoms with Gasteiger partial charge in [0.25, 0.3) is 0 Å². The molecule has 0 aromatic heterocycles. The predicted molar refractivity (Wildman–Crippen MR) is 47.4 cm³/mol. The molecule has 0 fully saturated rings. The zero-order chi connectivity index (χ0) is 12.1. The van der Waals surface area contributed by atoms with E-state index in [9.17, 15) is 13.0 Å². The Morgan fingerprint density at radius 1 is 1.24 bits per heavy atom. The second-order valence-electron chi connectivity index (χ2n) is 2.14. The van der Waals surface area contributed by atoms with Crippen molar-refractivity contribution in [2.45, 2.75) is 4.90 Å². The van der Waals surface area contributed by atoms with Gasteiger partial charge in [-0.1, -0.05) is 10.6 Å². The van der Waals surface area contributed by atoms with E-state index in [1.54, 1.807) is 0 Å². The summed E-state index contributed by atoms with van der Waals surface area (Å²) >= 11 is 0. The fourth-order valence-corrected chi connectivity index (χ4v) is 1.12. The van der Waals surface area contributed by atoms with Crippen LogP contribution in [0.4, 0.5) is 5.69 Å². The van der Waals surface area contributed by atoms with Crippen LogP contribution in [0.5, 0.6) is 0 Å². The zero-order valence-corrected chi connectivity index (χ0v) is 14.7. The molecule has 7 nitrogen and oxygen atoms in total. The molecule has 0 saturated carbocycles. The third kappa shape index (κ3) is 12.8. The number of rotatable bonds is 1. The molecule has 0 aliphatic carbocycles. The van der Waals surface area contributed by atoms with Crippen LogP contribution in [-0.2, 0) is 20.7 Å². The number of nitrogens with two attached hydrogens (primary N) is 1. The van der Waals surface area contributed by atoms with Gasteiger partial charge in [0.15, 0.2) is 0 Å². The standard InChI is InChI=1S/C6H6NO3S.2Na.O3S/c7-5-2-1-3-6(4-5)11(8,9)10;;;1-4(2)3/h1,3-4H,7H2,(H,8,9,10);;;/q-1;2*+1;/p-1. The first-order chi connectivity index (χ1) is 6.73. The van der Waals surface area contributed by atoms with E-state index >= 15 is 0 Å². The maximum atomic E-state index is 10.4. The number of benzene rings is 1. The third-order valence-electron chi connectivity index (χ3n) is 1.08. The van der Waals surface area contributed by atoms with Crippen molar-refractivity contribution in [2.24, 2.45) is 0 Å². The topological polar surface area (TPSA) is 134 Å². The second-order valence-corrected chi connectivity index (χ2v) is 3.93. The van der Waals surface area contributed by atoms with E-state index in [1.165, 1.54) is 6.07 Å². The summed E-state index contributed by atoms with van der Waals surface area (Å²) in [7, 11) is -7.49. The largest absolute Gasteiger partial charge is 1.00 e. The van der Waals surface area contributed by atoms with Crippen LogP contribution >= 0.6 is 0 Å². The molecule has 0 aliphatic heterocycles. The second kappa shape index (κ2) is 10.5. The van der Waals surface area contributed by atoms with Crippen LogP contribution in [0.1, 0.15) is 0 Å². The Morgan fingerprint density at radius 2 is 1.65 bits per heavy atom. The van der Waals surface area contributed by atoms with E-state index in [1.807, 2.05) is 0 Å². The Kier molecular flexibility index (Phi) is 14.0. The quantitative estimate of drug-likeness (QED) is 0.235. The Balaban J connectivity index is -0.000000289. The third-order valence-corrected chi connectivity index (χ3v) is 1.92. The molecule has 1 rings (SSSR count). The maximum Gasteiger partial charge on any atom is 1.00 e. The van der Waals surface area contributed by atoms with Crippen LogP contribution in [0, 0.1) is 6.07 Å². The van der Waals surface area contributed by atoms with Crippen molar-refractivity contribution in [1.29, 1.82) is 0 Å². The Bertz CT molecular complexity index is 534. The van der Waals surface area contributed by atoms with Gasteiger partial charge in [-0.3, -0.25) is 0 Å². The Labute approximate surface area is 144 Å². The van der Waals surface area contributed by atoms with Crippen LogP contribution in [-0.4, -0.2) is 25.6 Å². The van der Waals surface area contributed by atoms with E-state index in [2.05, 4.69) is 6.07 Å². The Morgan fingerprint density at radius 3 is 1.88 bits per heavy atom. The van der Waals surface area contributed by atoms with Gasteiger partial charge in [-0.05, 0) is 0 Å². The average molecular weight is 297 g/mol. The summed E-state index contributed by atoms with van der Waals surface area (Å²) in [6.45, 7) is 0. The van der Waals surface area contributed by atoms with Crippen LogP contribution in [0.2, 0.25) is 0 Å². The van der Waals surface area contributed by atoms with Crippen molar-refractivity contribution >= 4 is 26.4 Å². The molecule has 0 aliphatic rings. The SMILES string of the molecule is Nc1[c-]ccc(S(=O)(=O)[O-])c1.O=S(=O)=O.[Na+].[Na+]. The minimum Gasteiger partial charge on any atom is -0.746 e. The van der Waals surface area contributed by atoms with Gasteiger partial charge in [-0.25, -0.2) is 8.42 Å². The number of nitrogen functional groups attached to an aromatic ring is 1. The van der Waals surface area contributed by atoms with Gasteiger partial charge >= 0.3 is 69.7 Å². The summed E-state index contributed by atoms with van der Waals surface area (Å²) in [6, 6.07) is 6.03. The smallest absolute Gasteiger partial charge is 0.746 e. The molecule has 84 valence electrons. The first kappa shape index (κ1) is 22.7. The van der Waals surface area contributed by atoms with Crippen molar-refractivity contribution in [3.05, 3.63) is 24.3 Å². The van der Waals surface area contributed by atoms with Crippen molar-refractivity contribution in [3.8, 4) is 0 Å². The minimum atomic E-state index is -4.38. The maximum absolute atomic E-state index is 10.4. The predicted octanol–water partition coefficient (Wildman–Crippen LogP) is -7.02. The molecule has 0 unspecified atom stereocenters. The summed E-state index contributed by atoms with van der Waals surface area (Å²) in [5, 5.41) is 0. The monoisotopic (exact) mass is 297 g/mol. The van der Waals surface area contributed by atoms with Gasteiger partial charge in [0.1, 0.15) is 10.1 Å². The average Bonchev–Trinajstić information content (AvgIpc) is 2.01. The number of anilines is 1. The van der Waals surface area contributed by atoms with Crippen molar-refractivity contribution in [1.82, 2.24) is 0 Å². The number of hydrogen-bond donors (Lipinski definition) is 1. The normalized spacial score (nSPS) is 8.76. The molecule has 1 aromatic carbocycles. The van der Waals surface area contributed by atoms with Gasteiger partial charge in [-0.2, -0.15) is 18.2 Å². The van der Waals surface area contributed by atoms with E-state index in [0.29, 0.717) is 0 Å². The summed E-state index contributed by atoms with van der Waals surface area (Å²) in [5.74, 6) is 0. The minimum absolute atomic E-state index is 0. The number of hydrogen-bond acceptors (Lipinski definition) is 7. The Hall–Kier alpha value is 0.550. The van der Waals surface area contributed by atoms with E-state index in [4.69, 9.17) is 18.4 Å². The molecule has 0 bridgehead atoms. The van der Waals surface area contributed by atoms with E-state index < -0.39 is 20.7 Å². The molecular weight excluding hydrogens is 292 g/mol. The van der Waals surface area contributed by atoms with E-state index in [0.717, 1.165) is 12.1 Å². The first-order valence-electron chi connectivity index (χ1n) is 3.23. The van der Waals surface area contributed by atoms with Gasteiger partial charge in [0.2, 0.25) is 0 Å². The first-order valence-corrected chi connectivity index (χ1v) is 5.64.